The molecule has 2 rings (SSSR count). The third-order valence-electron chi connectivity index (χ3n) is 2.85. The third kappa shape index (κ3) is 2.26. The molecule has 0 spiro atoms. The molecule has 17 heavy (non-hydrogen) atoms. The maximum atomic E-state index is 11.7. The van der Waals surface area contributed by atoms with Crippen molar-refractivity contribution in [3.05, 3.63) is 11.0 Å². The van der Waals surface area contributed by atoms with E-state index in [2.05, 4.69) is 15.3 Å². The van der Waals surface area contributed by atoms with E-state index in [-0.39, 0.29) is 17.2 Å². The van der Waals surface area contributed by atoms with E-state index in [1.165, 1.54) is 0 Å². The zero-order valence-corrected chi connectivity index (χ0v) is 10.5. The Morgan fingerprint density at radius 2 is 2.24 bits per heavy atom. The van der Waals surface area contributed by atoms with Gasteiger partial charge in [-0.2, -0.15) is 4.98 Å². The number of hydrogen-bond donors (Lipinski definition) is 2. The first-order valence-electron chi connectivity index (χ1n) is 5.30. The molecule has 1 aliphatic rings. The van der Waals surface area contributed by atoms with Gasteiger partial charge in [-0.1, -0.05) is 0 Å². The Hall–Kier alpha value is -1.56. The highest BCUT2D eigenvalue weighted by Gasteiger charge is 2.29. The van der Waals surface area contributed by atoms with E-state index < -0.39 is 0 Å². The monoisotopic (exact) mass is 255 g/mol. The number of aromatic nitrogens is 2. The molecule has 1 fully saturated rings. The quantitative estimate of drug-likeness (QED) is 0.759. The molecule has 2 heterocycles. The Kier molecular flexibility index (Phi) is 3.06. The molecule has 1 unspecified atom stereocenters. The summed E-state index contributed by atoms with van der Waals surface area (Å²) in [5, 5.41) is 3.14. The Bertz CT molecular complexity index is 464. The number of nitrogens with one attached hydrogen (secondary N) is 1. The van der Waals surface area contributed by atoms with Crippen LogP contribution in [-0.4, -0.2) is 40.4 Å². The van der Waals surface area contributed by atoms with Crippen LogP contribution in [0.1, 0.15) is 12.1 Å². The van der Waals surface area contributed by atoms with Gasteiger partial charge in [0, 0.05) is 13.6 Å². The maximum absolute atomic E-state index is 11.7. The summed E-state index contributed by atoms with van der Waals surface area (Å²) >= 11 is 5.76. The maximum Gasteiger partial charge on any atom is 0.244 e. The van der Waals surface area contributed by atoms with Crippen LogP contribution in [0.5, 0.6) is 0 Å². The molecular formula is C10H14ClN5O. The average Bonchev–Trinajstić information content (AvgIpc) is 2.57. The zero-order chi connectivity index (χ0) is 12.6. The lowest BCUT2D eigenvalue weighted by molar-refractivity contribution is -0.127. The summed E-state index contributed by atoms with van der Waals surface area (Å²) in [6.45, 7) is 2.48. The summed E-state index contributed by atoms with van der Waals surface area (Å²) in [6.07, 6.45) is 0.732. The van der Waals surface area contributed by atoms with E-state index in [1.54, 1.807) is 18.9 Å². The number of nitrogens with two attached hydrogens (primary N) is 1. The minimum absolute atomic E-state index is 0.0387. The van der Waals surface area contributed by atoms with E-state index in [0.717, 1.165) is 13.0 Å². The van der Waals surface area contributed by atoms with Crippen LogP contribution in [0.4, 0.5) is 11.5 Å². The Balaban J connectivity index is 2.22. The highest BCUT2D eigenvalue weighted by molar-refractivity contribution is 6.28. The minimum atomic E-state index is -0.285. The average molecular weight is 256 g/mol. The highest BCUT2D eigenvalue weighted by Crippen LogP contribution is 2.23. The smallest absolute Gasteiger partial charge is 0.244 e. The molecule has 7 heteroatoms. The number of nitrogen functional groups attached to an aromatic ring is 1. The van der Waals surface area contributed by atoms with Gasteiger partial charge in [0.05, 0.1) is 11.4 Å². The van der Waals surface area contributed by atoms with Crippen LogP contribution >= 0.6 is 11.6 Å². The second kappa shape index (κ2) is 4.37. The molecule has 0 aromatic carbocycles. The Morgan fingerprint density at radius 1 is 1.53 bits per heavy atom. The van der Waals surface area contributed by atoms with Crippen LogP contribution in [0.2, 0.25) is 5.28 Å². The zero-order valence-electron chi connectivity index (χ0n) is 9.70. The van der Waals surface area contributed by atoms with Crippen LogP contribution in [0, 0.1) is 6.92 Å². The van der Waals surface area contributed by atoms with Gasteiger partial charge in [0.15, 0.2) is 5.82 Å². The minimum Gasteiger partial charge on any atom is -0.394 e. The molecule has 3 N–H and O–H groups in total. The highest BCUT2D eigenvalue weighted by atomic mass is 35.5. The number of nitrogens with zero attached hydrogens (tertiary/aromatic N) is 3. The van der Waals surface area contributed by atoms with E-state index in [1.807, 2.05) is 0 Å². The van der Waals surface area contributed by atoms with E-state index >= 15 is 0 Å². The molecular weight excluding hydrogens is 242 g/mol. The van der Waals surface area contributed by atoms with Crippen LogP contribution in [0.25, 0.3) is 0 Å². The van der Waals surface area contributed by atoms with Gasteiger partial charge in [-0.25, -0.2) is 4.98 Å². The van der Waals surface area contributed by atoms with Crippen molar-refractivity contribution in [3.8, 4) is 0 Å². The summed E-state index contributed by atoms with van der Waals surface area (Å²) in [6, 6.07) is -0.285. The van der Waals surface area contributed by atoms with Crippen LogP contribution in [0.15, 0.2) is 0 Å². The van der Waals surface area contributed by atoms with Gasteiger partial charge in [0.25, 0.3) is 0 Å². The van der Waals surface area contributed by atoms with Gasteiger partial charge in [0.2, 0.25) is 11.2 Å². The van der Waals surface area contributed by atoms with Gasteiger partial charge in [0.1, 0.15) is 6.04 Å². The molecule has 1 aromatic heterocycles. The molecule has 0 radical (unpaired) electrons. The lowest BCUT2D eigenvalue weighted by Crippen LogP contribution is -2.31. The van der Waals surface area contributed by atoms with Crippen molar-refractivity contribution in [2.24, 2.45) is 0 Å². The SMILES string of the molecule is Cc1nc(Cl)nc(NC2CCN(C)C2=O)c1N. The topological polar surface area (TPSA) is 84.1 Å². The summed E-state index contributed by atoms with van der Waals surface area (Å²) in [5.41, 5.74) is 6.87. The summed E-state index contributed by atoms with van der Waals surface area (Å²) in [4.78, 5) is 21.3. The number of aryl methyl sites for hydroxylation is 1. The van der Waals surface area contributed by atoms with Crippen molar-refractivity contribution < 1.29 is 4.79 Å². The van der Waals surface area contributed by atoms with Crippen molar-refractivity contribution in [1.82, 2.24) is 14.9 Å². The first kappa shape index (κ1) is 11.9. The number of likely N-dealkylation sites (N-methyl/N-ethyl adjacent to an activating group) is 1. The standard InChI is InChI=1S/C10H14ClN5O/c1-5-7(12)8(15-10(11)13-5)14-6-3-4-16(2)9(6)17/h6H,3-4,12H2,1-2H3,(H,13,14,15). The van der Waals surface area contributed by atoms with Crippen molar-refractivity contribution >= 4 is 29.0 Å². The number of amides is 1. The Morgan fingerprint density at radius 3 is 2.82 bits per heavy atom. The third-order valence-corrected chi connectivity index (χ3v) is 3.02. The summed E-state index contributed by atoms with van der Waals surface area (Å²) < 4.78 is 0. The van der Waals surface area contributed by atoms with Crippen LogP contribution in [-0.2, 0) is 4.79 Å². The number of hydrogen-bond acceptors (Lipinski definition) is 5. The van der Waals surface area contributed by atoms with E-state index in [0.29, 0.717) is 17.2 Å². The molecule has 0 bridgehead atoms. The lowest BCUT2D eigenvalue weighted by Gasteiger charge is -2.15. The molecule has 1 aliphatic heterocycles. The molecule has 92 valence electrons. The molecule has 0 saturated carbocycles. The van der Waals surface area contributed by atoms with Crippen LogP contribution < -0.4 is 11.1 Å². The lowest BCUT2D eigenvalue weighted by atomic mass is 10.2. The van der Waals surface area contributed by atoms with Crippen molar-refractivity contribution in [2.75, 3.05) is 24.6 Å². The number of likely N-dealkylation sites (tertiary alicyclic amines) is 1. The largest absolute Gasteiger partial charge is 0.394 e. The van der Waals surface area contributed by atoms with Gasteiger partial charge in [-0.15, -0.1) is 0 Å². The van der Waals surface area contributed by atoms with Gasteiger partial charge in [-0.05, 0) is 24.9 Å². The number of anilines is 2. The van der Waals surface area contributed by atoms with Crippen molar-refractivity contribution in [1.29, 1.82) is 0 Å². The molecule has 1 amide bonds. The first-order chi connectivity index (χ1) is 7.99. The normalized spacial score (nSPS) is 19.8. The predicted octanol–water partition coefficient (Wildman–Crippen LogP) is 0.663. The fraction of sp³-hybridized carbons (Fsp3) is 0.500. The summed E-state index contributed by atoms with van der Waals surface area (Å²) in [7, 11) is 1.77. The number of rotatable bonds is 2. The fourth-order valence-electron chi connectivity index (χ4n) is 1.78. The molecule has 1 aromatic rings. The van der Waals surface area contributed by atoms with Crippen molar-refractivity contribution in [3.63, 3.8) is 0 Å². The number of carbonyl (C=O) groups is 1. The fourth-order valence-corrected chi connectivity index (χ4v) is 1.99. The molecule has 1 atom stereocenters. The van der Waals surface area contributed by atoms with E-state index in [9.17, 15) is 4.79 Å². The second-order valence-corrected chi connectivity index (χ2v) is 4.42. The molecule has 1 saturated heterocycles. The first-order valence-corrected chi connectivity index (χ1v) is 5.68. The van der Waals surface area contributed by atoms with Crippen molar-refractivity contribution in [2.45, 2.75) is 19.4 Å². The second-order valence-electron chi connectivity index (χ2n) is 4.09. The van der Waals surface area contributed by atoms with Gasteiger partial charge >= 0.3 is 0 Å². The Labute approximate surface area is 104 Å². The van der Waals surface area contributed by atoms with Gasteiger partial charge in [-0.3, -0.25) is 4.79 Å². The number of carbonyl (C=O) groups excluding carboxylic acids is 1. The van der Waals surface area contributed by atoms with Gasteiger partial charge < -0.3 is 16.0 Å². The van der Waals surface area contributed by atoms with Crippen LogP contribution in [0.3, 0.4) is 0 Å². The summed E-state index contributed by atoms with van der Waals surface area (Å²) in [5.74, 6) is 0.466. The van der Waals surface area contributed by atoms with E-state index in [4.69, 9.17) is 17.3 Å². The molecule has 0 aliphatic carbocycles. The molecule has 6 nitrogen and oxygen atoms in total. The predicted molar refractivity (Wildman–Crippen MR) is 65.9 cm³/mol. The number of halogens is 1.